The Morgan fingerprint density at radius 3 is 2.56 bits per heavy atom. The lowest BCUT2D eigenvalue weighted by Gasteiger charge is -1.98. The van der Waals surface area contributed by atoms with E-state index >= 15 is 0 Å². The molecule has 0 unspecified atom stereocenters. The van der Waals surface area contributed by atoms with Crippen LogP contribution >= 0.6 is 0 Å². The van der Waals surface area contributed by atoms with Crippen LogP contribution in [0, 0.1) is 0 Å². The number of hydrogen-bond acceptors (Lipinski definition) is 3. The largest absolute Gasteiger partial charge is 0.379 e. The zero-order chi connectivity index (χ0) is 6.95. The molecule has 0 aliphatic rings. The summed E-state index contributed by atoms with van der Waals surface area (Å²) in [6.07, 6.45) is 1.62. The van der Waals surface area contributed by atoms with Crippen LogP contribution in [0.15, 0.2) is 0 Å². The molecular weight excluding hydrogens is 120 g/mol. The van der Waals surface area contributed by atoms with Crippen molar-refractivity contribution >= 4 is 6.29 Å². The smallest absolute Gasteiger partial charge is 0.226 e. The second kappa shape index (κ2) is 7.59. The third-order valence-corrected chi connectivity index (χ3v) is 0.737. The summed E-state index contributed by atoms with van der Waals surface area (Å²) in [6.45, 7) is 3.67. The Hall–Kier alpha value is -0.410. The van der Waals surface area contributed by atoms with Crippen LogP contribution < -0.4 is 0 Å². The van der Waals surface area contributed by atoms with Crippen molar-refractivity contribution in [1.82, 2.24) is 0 Å². The topological polar surface area (TPSA) is 35.5 Å². The molecule has 0 fully saturated rings. The highest BCUT2D eigenvalue weighted by Crippen LogP contribution is 1.74. The third-order valence-electron chi connectivity index (χ3n) is 0.737. The van der Waals surface area contributed by atoms with E-state index < -0.39 is 0 Å². The van der Waals surface area contributed by atoms with Crippen molar-refractivity contribution in [3.8, 4) is 0 Å². The van der Waals surface area contributed by atoms with Gasteiger partial charge in [-0.2, -0.15) is 0 Å². The second-order valence-corrected chi connectivity index (χ2v) is 1.39. The molecular formula is C6H11O3. The maximum Gasteiger partial charge on any atom is 0.226 e. The van der Waals surface area contributed by atoms with Crippen LogP contribution in [0.2, 0.25) is 0 Å². The van der Waals surface area contributed by atoms with Crippen LogP contribution in [0.5, 0.6) is 0 Å². The Morgan fingerprint density at radius 2 is 2.00 bits per heavy atom. The fourth-order valence-corrected chi connectivity index (χ4v) is 0.376. The van der Waals surface area contributed by atoms with Crippen molar-refractivity contribution < 1.29 is 14.3 Å². The van der Waals surface area contributed by atoms with Crippen LogP contribution in [0.3, 0.4) is 0 Å². The van der Waals surface area contributed by atoms with Crippen LogP contribution in [0.4, 0.5) is 0 Å². The molecule has 53 valence electrons. The monoisotopic (exact) mass is 131 g/mol. The fraction of sp³-hybridized carbons (Fsp3) is 0.833. The number of carbonyl (C=O) groups excluding carboxylic acids is 1. The molecule has 0 amide bonds. The Labute approximate surface area is 55.0 Å². The van der Waals surface area contributed by atoms with Crippen LogP contribution in [-0.4, -0.2) is 32.7 Å². The van der Waals surface area contributed by atoms with Gasteiger partial charge in [0, 0.05) is 6.61 Å². The van der Waals surface area contributed by atoms with Crippen molar-refractivity contribution in [3.63, 3.8) is 0 Å². The summed E-state index contributed by atoms with van der Waals surface area (Å²) in [5.74, 6) is 0. The van der Waals surface area contributed by atoms with E-state index in [2.05, 4.69) is 0 Å². The second-order valence-electron chi connectivity index (χ2n) is 1.39. The van der Waals surface area contributed by atoms with E-state index in [1.165, 1.54) is 0 Å². The lowest BCUT2D eigenvalue weighted by molar-refractivity contribution is 0.0675. The van der Waals surface area contributed by atoms with Gasteiger partial charge in [0.2, 0.25) is 6.29 Å². The van der Waals surface area contributed by atoms with Gasteiger partial charge in [-0.1, -0.05) is 0 Å². The first-order valence-corrected chi connectivity index (χ1v) is 2.92. The molecule has 0 N–H and O–H groups in total. The maximum atomic E-state index is 9.55. The Bertz CT molecular complexity index is 63.3. The molecule has 0 bridgehead atoms. The molecule has 0 atom stereocenters. The van der Waals surface area contributed by atoms with E-state index in [0.29, 0.717) is 19.8 Å². The standard InChI is InChI=1S/C6H11O3/c1-2-8-5-6-9-4-3-7/h2,4-6H2,1H3. The molecule has 0 aliphatic heterocycles. The molecule has 0 rings (SSSR count). The zero-order valence-electron chi connectivity index (χ0n) is 5.55. The van der Waals surface area contributed by atoms with Gasteiger partial charge in [-0.25, -0.2) is 0 Å². The fourth-order valence-electron chi connectivity index (χ4n) is 0.376. The van der Waals surface area contributed by atoms with Gasteiger partial charge in [0.25, 0.3) is 0 Å². The van der Waals surface area contributed by atoms with Gasteiger partial charge in [0.15, 0.2) is 0 Å². The molecule has 0 saturated carbocycles. The normalized spacial score (nSPS) is 9.44. The Balaban J connectivity index is 2.66. The lowest BCUT2D eigenvalue weighted by atomic mass is 10.7. The van der Waals surface area contributed by atoms with Gasteiger partial charge in [0.05, 0.1) is 13.2 Å². The summed E-state index contributed by atoms with van der Waals surface area (Å²) in [5, 5.41) is 0. The summed E-state index contributed by atoms with van der Waals surface area (Å²) in [6, 6.07) is 0. The van der Waals surface area contributed by atoms with Gasteiger partial charge in [0.1, 0.15) is 6.61 Å². The molecule has 0 saturated heterocycles. The predicted octanol–water partition coefficient (Wildman–Crippen LogP) is 0.149. The Morgan fingerprint density at radius 1 is 1.33 bits per heavy atom. The number of rotatable bonds is 6. The van der Waals surface area contributed by atoms with Gasteiger partial charge < -0.3 is 9.47 Å². The number of ether oxygens (including phenoxy) is 2. The number of hydrogen-bond donors (Lipinski definition) is 0. The molecule has 0 spiro atoms. The van der Waals surface area contributed by atoms with E-state index in [0.717, 1.165) is 0 Å². The highest BCUT2D eigenvalue weighted by atomic mass is 16.5. The molecule has 0 aliphatic carbocycles. The van der Waals surface area contributed by atoms with Crippen molar-refractivity contribution in [2.24, 2.45) is 0 Å². The predicted molar refractivity (Wildman–Crippen MR) is 33.0 cm³/mol. The maximum absolute atomic E-state index is 9.55. The summed E-state index contributed by atoms with van der Waals surface area (Å²) in [7, 11) is 0. The summed E-state index contributed by atoms with van der Waals surface area (Å²) in [4.78, 5) is 9.55. The molecule has 0 heterocycles. The van der Waals surface area contributed by atoms with Crippen molar-refractivity contribution in [2.45, 2.75) is 6.92 Å². The third kappa shape index (κ3) is 7.59. The molecule has 3 nitrogen and oxygen atoms in total. The molecule has 3 heteroatoms. The summed E-state index contributed by atoms with van der Waals surface area (Å²) < 4.78 is 9.66. The average Bonchev–Trinajstić information content (AvgIpc) is 1.89. The molecule has 0 aromatic carbocycles. The van der Waals surface area contributed by atoms with Crippen LogP contribution in [0.25, 0.3) is 0 Å². The van der Waals surface area contributed by atoms with Gasteiger partial charge in [-0.15, -0.1) is 0 Å². The summed E-state index contributed by atoms with van der Waals surface area (Å²) >= 11 is 0. The van der Waals surface area contributed by atoms with Gasteiger partial charge in [-0.3, -0.25) is 4.79 Å². The average molecular weight is 131 g/mol. The van der Waals surface area contributed by atoms with Gasteiger partial charge >= 0.3 is 0 Å². The van der Waals surface area contributed by atoms with Crippen molar-refractivity contribution in [1.29, 1.82) is 0 Å². The van der Waals surface area contributed by atoms with E-state index in [-0.39, 0.29) is 6.61 Å². The minimum absolute atomic E-state index is 0.0487. The Kier molecular flexibility index (Phi) is 7.24. The first-order valence-electron chi connectivity index (χ1n) is 2.92. The molecule has 1 radical (unpaired) electrons. The molecule has 0 aromatic rings. The molecule has 9 heavy (non-hydrogen) atoms. The first kappa shape index (κ1) is 8.59. The highest BCUT2D eigenvalue weighted by Gasteiger charge is 1.84. The van der Waals surface area contributed by atoms with E-state index in [1.54, 1.807) is 6.29 Å². The van der Waals surface area contributed by atoms with Crippen LogP contribution in [0.1, 0.15) is 6.92 Å². The SMILES string of the molecule is CCOCCOC[C]=O. The zero-order valence-corrected chi connectivity index (χ0v) is 5.55. The first-order chi connectivity index (χ1) is 4.41. The minimum atomic E-state index is 0.0487. The van der Waals surface area contributed by atoms with Gasteiger partial charge in [-0.05, 0) is 6.92 Å². The summed E-state index contributed by atoms with van der Waals surface area (Å²) in [5.41, 5.74) is 0. The van der Waals surface area contributed by atoms with E-state index in [9.17, 15) is 4.79 Å². The van der Waals surface area contributed by atoms with Crippen molar-refractivity contribution in [3.05, 3.63) is 0 Å². The molecule has 0 aromatic heterocycles. The lowest BCUT2D eigenvalue weighted by Crippen LogP contribution is -2.04. The quantitative estimate of drug-likeness (QED) is 0.481. The highest BCUT2D eigenvalue weighted by molar-refractivity contribution is 5.51. The van der Waals surface area contributed by atoms with Crippen molar-refractivity contribution in [2.75, 3.05) is 26.4 Å². The van der Waals surface area contributed by atoms with E-state index in [1.807, 2.05) is 6.92 Å². The minimum Gasteiger partial charge on any atom is -0.379 e. The van der Waals surface area contributed by atoms with E-state index in [4.69, 9.17) is 9.47 Å². The van der Waals surface area contributed by atoms with Crippen LogP contribution in [-0.2, 0) is 14.3 Å².